The van der Waals surface area contributed by atoms with Gasteiger partial charge in [-0.25, -0.2) is 9.67 Å². The number of nitrogens with one attached hydrogen (secondary N) is 1. The van der Waals surface area contributed by atoms with Gasteiger partial charge in [-0.05, 0) is 28.9 Å². The second-order valence-corrected chi connectivity index (χ2v) is 5.41. The van der Waals surface area contributed by atoms with Crippen LogP contribution in [0.3, 0.4) is 0 Å². The second-order valence-electron chi connectivity index (χ2n) is 3.50. The highest BCUT2D eigenvalue weighted by atomic mass is 79.9. The Kier molecular flexibility index (Phi) is 3.90. The van der Waals surface area contributed by atoms with Crippen LogP contribution in [0, 0.1) is 0 Å². The van der Waals surface area contributed by atoms with E-state index < -0.39 is 0 Å². The molecule has 1 unspecified atom stereocenters. The number of carbonyl (C=O) groups excluding carboxylic acids is 1. The maximum atomic E-state index is 11.8. The number of hydrogen-bond donors (Lipinski definition) is 1. The first kappa shape index (κ1) is 12.3. The van der Waals surface area contributed by atoms with Crippen LogP contribution < -0.4 is 5.32 Å². The Labute approximate surface area is 111 Å². The van der Waals surface area contributed by atoms with Gasteiger partial charge in [0.1, 0.15) is 18.7 Å². The van der Waals surface area contributed by atoms with Gasteiger partial charge >= 0.3 is 0 Å². The number of nitrogens with zero attached hydrogens (tertiary/aromatic N) is 3. The number of thiophene rings is 1. The summed E-state index contributed by atoms with van der Waals surface area (Å²) in [6.07, 6.45) is 2.95. The second kappa shape index (κ2) is 5.42. The van der Waals surface area contributed by atoms with Crippen molar-refractivity contribution in [1.29, 1.82) is 0 Å². The fourth-order valence-corrected chi connectivity index (χ4v) is 2.70. The highest BCUT2D eigenvalue weighted by molar-refractivity contribution is 9.10. The van der Waals surface area contributed by atoms with Crippen molar-refractivity contribution in [3.63, 3.8) is 0 Å². The topological polar surface area (TPSA) is 59.8 Å². The van der Waals surface area contributed by atoms with Gasteiger partial charge in [0.05, 0.1) is 6.54 Å². The minimum atomic E-state index is -0.346. The van der Waals surface area contributed by atoms with Crippen LogP contribution in [0.4, 0.5) is 0 Å². The number of halogens is 1. The van der Waals surface area contributed by atoms with Crippen molar-refractivity contribution in [2.45, 2.75) is 19.5 Å². The van der Waals surface area contributed by atoms with E-state index in [2.05, 4.69) is 31.3 Å². The molecule has 5 nitrogen and oxygen atoms in total. The molecule has 0 aliphatic heterocycles. The van der Waals surface area contributed by atoms with E-state index in [1.807, 2.05) is 11.4 Å². The quantitative estimate of drug-likeness (QED) is 0.938. The van der Waals surface area contributed by atoms with Gasteiger partial charge in [-0.15, -0.1) is 11.3 Å². The summed E-state index contributed by atoms with van der Waals surface area (Å²) in [5, 5.41) is 8.79. The monoisotopic (exact) mass is 314 g/mol. The van der Waals surface area contributed by atoms with E-state index in [9.17, 15) is 4.79 Å². The first-order valence-electron chi connectivity index (χ1n) is 5.01. The average molecular weight is 315 g/mol. The third kappa shape index (κ3) is 3.13. The van der Waals surface area contributed by atoms with Crippen LogP contribution in [0.5, 0.6) is 0 Å². The van der Waals surface area contributed by atoms with Gasteiger partial charge in [-0.3, -0.25) is 4.79 Å². The minimum absolute atomic E-state index is 0.0694. The summed E-state index contributed by atoms with van der Waals surface area (Å²) in [5.41, 5.74) is 0. The minimum Gasteiger partial charge on any atom is -0.349 e. The lowest BCUT2D eigenvalue weighted by molar-refractivity contribution is -0.124. The Morgan fingerprint density at radius 1 is 1.71 bits per heavy atom. The summed E-state index contributed by atoms with van der Waals surface area (Å²) in [6, 6.07) is 1.64. The Morgan fingerprint density at radius 3 is 3.12 bits per heavy atom. The lowest BCUT2D eigenvalue weighted by Gasteiger charge is -2.11. The SMILES string of the molecule is CC(C(=O)NCc1cc(Br)cs1)n1cncn1. The summed E-state index contributed by atoms with van der Waals surface area (Å²) in [6.45, 7) is 2.32. The smallest absolute Gasteiger partial charge is 0.244 e. The Bertz CT molecular complexity index is 496. The lowest BCUT2D eigenvalue weighted by atomic mass is 10.3. The standard InChI is InChI=1S/C10H11BrN4OS/c1-7(15-6-12-5-14-15)10(16)13-3-9-2-8(11)4-17-9/h2,4-7H,3H2,1H3,(H,13,16). The van der Waals surface area contributed by atoms with E-state index >= 15 is 0 Å². The average Bonchev–Trinajstić information content (AvgIpc) is 2.95. The largest absolute Gasteiger partial charge is 0.349 e. The number of carbonyl (C=O) groups is 1. The molecule has 2 aromatic heterocycles. The van der Waals surface area contributed by atoms with E-state index in [1.54, 1.807) is 18.3 Å². The molecule has 0 bridgehead atoms. The van der Waals surface area contributed by atoms with Crippen LogP contribution >= 0.6 is 27.3 Å². The van der Waals surface area contributed by atoms with E-state index in [0.717, 1.165) is 9.35 Å². The van der Waals surface area contributed by atoms with Crippen molar-refractivity contribution in [1.82, 2.24) is 20.1 Å². The number of aromatic nitrogens is 3. The Hall–Kier alpha value is -1.21. The van der Waals surface area contributed by atoms with Crippen molar-refractivity contribution in [3.8, 4) is 0 Å². The zero-order chi connectivity index (χ0) is 12.3. The molecule has 2 rings (SSSR count). The third-order valence-corrected chi connectivity index (χ3v) is 3.97. The summed E-state index contributed by atoms with van der Waals surface area (Å²) in [4.78, 5) is 16.7. The van der Waals surface area contributed by atoms with Gasteiger partial charge in [-0.2, -0.15) is 5.10 Å². The molecule has 0 spiro atoms. The fraction of sp³-hybridized carbons (Fsp3) is 0.300. The number of amides is 1. The maximum Gasteiger partial charge on any atom is 0.244 e. The predicted molar refractivity (Wildman–Crippen MR) is 68.6 cm³/mol. The highest BCUT2D eigenvalue weighted by Gasteiger charge is 2.14. The van der Waals surface area contributed by atoms with Crippen molar-refractivity contribution >= 4 is 33.2 Å². The zero-order valence-electron chi connectivity index (χ0n) is 9.13. The van der Waals surface area contributed by atoms with Crippen LogP contribution in [0.15, 0.2) is 28.6 Å². The van der Waals surface area contributed by atoms with E-state index in [0.29, 0.717) is 6.54 Å². The van der Waals surface area contributed by atoms with Gasteiger partial charge in [0.15, 0.2) is 0 Å². The molecule has 7 heteroatoms. The first-order chi connectivity index (χ1) is 8.16. The zero-order valence-corrected chi connectivity index (χ0v) is 11.5. The summed E-state index contributed by atoms with van der Waals surface area (Å²) in [7, 11) is 0. The first-order valence-corrected chi connectivity index (χ1v) is 6.69. The molecule has 1 atom stereocenters. The van der Waals surface area contributed by atoms with Crippen LogP contribution in [-0.2, 0) is 11.3 Å². The summed E-state index contributed by atoms with van der Waals surface area (Å²) >= 11 is 4.98. The third-order valence-electron chi connectivity index (χ3n) is 2.27. The predicted octanol–water partition coefficient (Wildman–Crippen LogP) is 1.98. The van der Waals surface area contributed by atoms with Gasteiger partial charge in [0, 0.05) is 14.7 Å². The molecular weight excluding hydrogens is 304 g/mol. The molecular formula is C10H11BrN4OS. The van der Waals surface area contributed by atoms with E-state index in [-0.39, 0.29) is 11.9 Å². The maximum absolute atomic E-state index is 11.8. The molecule has 0 aromatic carbocycles. The molecule has 17 heavy (non-hydrogen) atoms. The van der Waals surface area contributed by atoms with Crippen LogP contribution in [0.25, 0.3) is 0 Å². The molecule has 0 aliphatic carbocycles. The fourth-order valence-electron chi connectivity index (χ4n) is 1.31. The molecule has 0 radical (unpaired) electrons. The Morgan fingerprint density at radius 2 is 2.53 bits per heavy atom. The Balaban J connectivity index is 1.89. The molecule has 2 aromatic rings. The molecule has 0 fully saturated rings. The van der Waals surface area contributed by atoms with Gasteiger partial charge in [0.2, 0.25) is 5.91 Å². The molecule has 1 amide bonds. The van der Waals surface area contributed by atoms with Crippen molar-refractivity contribution in [3.05, 3.63) is 33.5 Å². The van der Waals surface area contributed by atoms with Crippen molar-refractivity contribution < 1.29 is 4.79 Å². The molecule has 1 N–H and O–H groups in total. The van der Waals surface area contributed by atoms with Crippen LogP contribution in [0.2, 0.25) is 0 Å². The molecule has 0 aliphatic rings. The van der Waals surface area contributed by atoms with E-state index in [1.165, 1.54) is 17.3 Å². The highest BCUT2D eigenvalue weighted by Crippen LogP contribution is 2.19. The summed E-state index contributed by atoms with van der Waals surface area (Å²) < 4.78 is 2.57. The van der Waals surface area contributed by atoms with Gasteiger partial charge < -0.3 is 5.32 Å². The number of rotatable bonds is 4. The summed E-state index contributed by atoms with van der Waals surface area (Å²) in [5.74, 6) is -0.0694. The number of hydrogen-bond acceptors (Lipinski definition) is 4. The molecule has 0 saturated heterocycles. The van der Waals surface area contributed by atoms with Crippen LogP contribution in [0.1, 0.15) is 17.8 Å². The van der Waals surface area contributed by atoms with Crippen molar-refractivity contribution in [2.75, 3.05) is 0 Å². The van der Waals surface area contributed by atoms with Gasteiger partial charge in [-0.1, -0.05) is 0 Å². The van der Waals surface area contributed by atoms with Gasteiger partial charge in [0.25, 0.3) is 0 Å². The van der Waals surface area contributed by atoms with E-state index in [4.69, 9.17) is 0 Å². The lowest BCUT2D eigenvalue weighted by Crippen LogP contribution is -2.30. The molecule has 90 valence electrons. The van der Waals surface area contributed by atoms with Crippen molar-refractivity contribution in [2.24, 2.45) is 0 Å². The molecule has 0 saturated carbocycles. The molecule has 2 heterocycles. The normalized spacial score (nSPS) is 12.4. The van der Waals surface area contributed by atoms with Crippen LogP contribution in [-0.4, -0.2) is 20.7 Å².